The molecule has 4 heterocycles. The van der Waals surface area contributed by atoms with Crippen molar-refractivity contribution in [2.45, 2.75) is 75.5 Å². The Hall–Kier alpha value is -5.34. The number of hydrogen-bond donors (Lipinski definition) is 3. The molecular weight excluding hydrogens is 773 g/mol. The fraction of sp³-hybridized carbons (Fsp3) is 0.404. The van der Waals surface area contributed by atoms with Crippen molar-refractivity contribution in [3.05, 3.63) is 126 Å². The van der Waals surface area contributed by atoms with Crippen LogP contribution in [0.2, 0.25) is 18.6 Å². The van der Waals surface area contributed by atoms with Crippen molar-refractivity contribution >= 4 is 36.4 Å². The zero-order chi connectivity index (χ0) is 42.0. The van der Waals surface area contributed by atoms with Crippen molar-refractivity contribution in [3.63, 3.8) is 0 Å². The predicted octanol–water partition coefficient (Wildman–Crippen LogP) is 6.21. The van der Waals surface area contributed by atoms with Crippen molar-refractivity contribution in [1.82, 2.24) is 20.3 Å². The molecule has 12 nitrogen and oxygen atoms in total. The van der Waals surface area contributed by atoms with Gasteiger partial charge in [-0.25, -0.2) is 0 Å². The van der Waals surface area contributed by atoms with Crippen LogP contribution in [-0.4, -0.2) is 80.0 Å². The van der Waals surface area contributed by atoms with Crippen LogP contribution in [-0.2, 0) is 33.0 Å². The number of amides is 2. The number of aliphatic hydroxyl groups is 1. The van der Waals surface area contributed by atoms with Gasteiger partial charge in [0, 0.05) is 36.5 Å². The summed E-state index contributed by atoms with van der Waals surface area (Å²) in [6.45, 7) is 9.34. The lowest BCUT2D eigenvalue weighted by Gasteiger charge is -2.37. The third kappa shape index (κ3) is 7.75. The minimum atomic E-state index is -2.40. The molecule has 3 N–H and O–H groups in total. The van der Waals surface area contributed by atoms with Crippen LogP contribution in [0.5, 0.6) is 11.5 Å². The maximum absolute atomic E-state index is 15.4. The molecule has 3 aliphatic rings. The number of carbonyl (C=O) groups is 2. The number of aromatic nitrogens is 3. The Morgan fingerprint density at radius 3 is 2.43 bits per heavy atom. The minimum absolute atomic E-state index is 0.0219. The van der Waals surface area contributed by atoms with Crippen LogP contribution in [0.1, 0.15) is 54.5 Å². The average molecular weight is 829 g/mol. The molecule has 6 atom stereocenters. The molecule has 8 rings (SSSR count). The normalized spacial score (nSPS) is 23.1. The number of anilines is 2. The number of rotatable bonds is 14. The smallest absolute Gasteiger partial charge is 0.264 e. The van der Waals surface area contributed by atoms with Gasteiger partial charge in [-0.15, -0.1) is 5.10 Å². The first-order valence-corrected chi connectivity index (χ1v) is 24.1. The molecule has 0 aliphatic carbocycles. The maximum Gasteiger partial charge on any atom is 0.264 e. The lowest BCUT2D eigenvalue weighted by atomic mass is 9.82. The number of benzene rings is 4. The number of methoxy groups -OCH3 is 2. The standard InChI is InChI=1S/C47H56N6O6Si/c1-31-44(60(4,5)38-20-17-36(57-2)18-21-38)43(23-25-52-29-41(50-51-52)39(30-54)33-10-7-6-8-11-33)59-47(31)40-26-37(58-3)19-22-42(40)53(46(47)56)28-32-13-15-35(16-14-32)49-45(55)34-12-9-24-48-27-34/h6-8,10-11,13-22,26,29,31,34,39,43-44,48,54H,9,12,23-25,27-28,30H2,1-5H3,(H,49,55)/t31-,34?,39?,43+,44-,47+/m1/s1. The second-order valence-corrected chi connectivity index (χ2v) is 21.7. The minimum Gasteiger partial charge on any atom is -0.497 e. The Labute approximate surface area is 353 Å². The van der Waals surface area contributed by atoms with Crippen molar-refractivity contribution in [1.29, 1.82) is 0 Å². The fourth-order valence-corrected chi connectivity index (χ4v) is 14.0. The number of hydrogen-bond acceptors (Lipinski definition) is 9. The van der Waals surface area contributed by atoms with Gasteiger partial charge in [0.2, 0.25) is 5.91 Å². The van der Waals surface area contributed by atoms with E-state index in [1.807, 2.05) is 101 Å². The summed E-state index contributed by atoms with van der Waals surface area (Å²) in [6, 6.07) is 31.8. The second-order valence-electron chi connectivity index (χ2n) is 17.0. The number of fused-ring (bicyclic) bond motifs is 2. The largest absolute Gasteiger partial charge is 0.497 e. The van der Waals surface area contributed by atoms with E-state index in [1.165, 1.54) is 5.19 Å². The van der Waals surface area contributed by atoms with Gasteiger partial charge in [0.15, 0.2) is 5.60 Å². The third-order valence-electron chi connectivity index (χ3n) is 13.2. The van der Waals surface area contributed by atoms with Crippen LogP contribution in [0.3, 0.4) is 0 Å². The summed E-state index contributed by atoms with van der Waals surface area (Å²) in [5, 5.41) is 27.0. The molecule has 2 amide bonds. The van der Waals surface area contributed by atoms with Gasteiger partial charge in [-0.1, -0.05) is 85.0 Å². The summed E-state index contributed by atoms with van der Waals surface area (Å²) in [5.41, 5.74) is 3.72. The first-order valence-electron chi connectivity index (χ1n) is 21.1. The van der Waals surface area contributed by atoms with E-state index < -0.39 is 13.7 Å². The second kappa shape index (κ2) is 17.3. The zero-order valence-electron chi connectivity index (χ0n) is 35.1. The maximum atomic E-state index is 15.4. The number of aliphatic hydroxyl groups excluding tert-OH is 1. The van der Waals surface area contributed by atoms with E-state index in [-0.39, 0.29) is 47.8 Å². The molecule has 314 valence electrons. The van der Waals surface area contributed by atoms with Gasteiger partial charge in [-0.3, -0.25) is 14.3 Å². The van der Waals surface area contributed by atoms with E-state index in [2.05, 4.69) is 53.1 Å². The zero-order valence-corrected chi connectivity index (χ0v) is 36.1. The van der Waals surface area contributed by atoms with E-state index in [0.29, 0.717) is 37.5 Å². The molecule has 13 heteroatoms. The number of ether oxygens (including phenoxy) is 3. The first kappa shape index (κ1) is 41.4. The number of nitrogens with zero attached hydrogens (tertiary/aromatic N) is 4. The van der Waals surface area contributed by atoms with Crippen LogP contribution in [0, 0.1) is 11.8 Å². The molecule has 2 unspecified atom stereocenters. The molecule has 0 radical (unpaired) electrons. The monoisotopic (exact) mass is 828 g/mol. The molecule has 0 bridgehead atoms. The summed E-state index contributed by atoms with van der Waals surface area (Å²) in [6.07, 6.45) is 4.07. The highest BCUT2D eigenvalue weighted by atomic mass is 28.3. The molecule has 1 spiro atoms. The molecule has 2 saturated heterocycles. The highest BCUT2D eigenvalue weighted by molar-refractivity contribution is 6.91. The number of piperidine rings is 1. The molecule has 5 aromatic rings. The first-order chi connectivity index (χ1) is 29.1. The fourth-order valence-electron chi connectivity index (χ4n) is 9.94. The quantitative estimate of drug-likeness (QED) is 0.112. The molecule has 0 saturated carbocycles. The topological polar surface area (TPSA) is 140 Å². The molecule has 60 heavy (non-hydrogen) atoms. The highest BCUT2D eigenvalue weighted by Crippen LogP contribution is 2.60. The molecule has 2 fully saturated rings. The van der Waals surface area contributed by atoms with Crippen molar-refractivity contribution < 1.29 is 28.9 Å². The van der Waals surface area contributed by atoms with Crippen LogP contribution < -0.4 is 30.2 Å². The molecule has 1 aromatic heterocycles. The van der Waals surface area contributed by atoms with Gasteiger partial charge in [0.25, 0.3) is 5.91 Å². The number of carbonyl (C=O) groups excluding carboxylic acids is 2. The van der Waals surface area contributed by atoms with Crippen LogP contribution >= 0.6 is 0 Å². The van der Waals surface area contributed by atoms with E-state index >= 15 is 4.79 Å². The average Bonchev–Trinajstić information content (AvgIpc) is 3.94. The van der Waals surface area contributed by atoms with Gasteiger partial charge in [-0.05, 0) is 84.9 Å². The van der Waals surface area contributed by atoms with Crippen molar-refractivity contribution in [2.24, 2.45) is 11.8 Å². The molecule has 4 aromatic carbocycles. The van der Waals surface area contributed by atoms with Crippen LogP contribution in [0.4, 0.5) is 11.4 Å². The number of aryl methyl sites for hydroxylation is 1. The summed E-state index contributed by atoms with van der Waals surface area (Å²) in [7, 11) is 0.914. The van der Waals surface area contributed by atoms with Gasteiger partial charge in [0.1, 0.15) is 11.5 Å². The van der Waals surface area contributed by atoms with Gasteiger partial charge >= 0.3 is 0 Å². The Morgan fingerprint density at radius 2 is 1.75 bits per heavy atom. The van der Waals surface area contributed by atoms with E-state index in [4.69, 9.17) is 14.2 Å². The Kier molecular flexibility index (Phi) is 12.0. The van der Waals surface area contributed by atoms with Crippen molar-refractivity contribution in [2.75, 3.05) is 44.1 Å². The summed E-state index contributed by atoms with van der Waals surface area (Å²) in [4.78, 5) is 30.2. The van der Waals surface area contributed by atoms with Gasteiger partial charge < -0.3 is 34.9 Å². The third-order valence-corrected chi connectivity index (χ3v) is 17.6. The van der Waals surface area contributed by atoms with E-state index in [1.54, 1.807) is 14.2 Å². The highest BCUT2D eigenvalue weighted by Gasteiger charge is 2.66. The Balaban J connectivity index is 1.11. The lowest BCUT2D eigenvalue weighted by molar-refractivity contribution is -0.146. The Bertz CT molecular complexity index is 2280. The lowest BCUT2D eigenvalue weighted by Crippen LogP contribution is -2.51. The predicted molar refractivity (Wildman–Crippen MR) is 234 cm³/mol. The van der Waals surface area contributed by atoms with Crippen LogP contribution in [0.25, 0.3) is 0 Å². The molecular formula is C47H56N6O6Si. The molecule has 3 aliphatic heterocycles. The van der Waals surface area contributed by atoms with Gasteiger partial charge in [-0.2, -0.15) is 0 Å². The SMILES string of the molecule is COc1ccc([Si](C)(C)[C@H]2[C@H](CCn3cc(C(CO)c4ccccc4)nn3)O[C@@]3(C(=O)N(Cc4ccc(NC(=O)C5CCCNC5)cc4)c4ccc(OC)cc43)[C@@H]2C)cc1. The summed E-state index contributed by atoms with van der Waals surface area (Å²) < 4.78 is 20.5. The van der Waals surface area contributed by atoms with Gasteiger partial charge in [0.05, 0.1) is 64.8 Å². The van der Waals surface area contributed by atoms with E-state index in [0.717, 1.165) is 53.2 Å². The Morgan fingerprint density at radius 1 is 1.02 bits per heavy atom. The van der Waals surface area contributed by atoms with E-state index in [9.17, 15) is 9.90 Å². The summed E-state index contributed by atoms with van der Waals surface area (Å²) >= 11 is 0. The van der Waals surface area contributed by atoms with Crippen LogP contribution in [0.15, 0.2) is 103 Å². The summed E-state index contributed by atoms with van der Waals surface area (Å²) in [5.74, 6) is 0.849. The number of nitrogens with one attached hydrogen (secondary N) is 2. The van der Waals surface area contributed by atoms with Crippen molar-refractivity contribution in [3.8, 4) is 11.5 Å².